The Kier molecular flexibility index (Phi) is 2.39. The molecule has 0 unspecified atom stereocenters. The van der Waals surface area contributed by atoms with Crippen LogP contribution in [0.25, 0.3) is 16.9 Å². The number of anilines is 1. The molecule has 0 spiro atoms. The van der Waals surface area contributed by atoms with Gasteiger partial charge in [-0.2, -0.15) is 5.10 Å². The molecule has 0 saturated carbocycles. The molecule has 2 aromatic heterocycles. The molecule has 20 heavy (non-hydrogen) atoms. The molecule has 1 N–H and O–H groups in total. The van der Waals surface area contributed by atoms with Crippen molar-refractivity contribution in [2.45, 2.75) is 6.42 Å². The molecule has 0 radical (unpaired) electrons. The second-order valence-corrected chi connectivity index (χ2v) is 5.04. The Labute approximate surface area is 116 Å². The number of benzene rings is 1. The fourth-order valence-corrected chi connectivity index (χ4v) is 2.79. The number of aromatic nitrogens is 4. The number of nitrogens with zero attached hydrogens (tertiary/aromatic N) is 4. The number of imidazole rings is 1. The van der Waals surface area contributed by atoms with E-state index in [0.717, 1.165) is 24.3 Å². The molecule has 4 rings (SSSR count). The van der Waals surface area contributed by atoms with Gasteiger partial charge in [0, 0.05) is 31.0 Å². The van der Waals surface area contributed by atoms with Crippen molar-refractivity contribution in [1.29, 1.82) is 0 Å². The summed E-state index contributed by atoms with van der Waals surface area (Å²) in [4.78, 5) is 4.31. The van der Waals surface area contributed by atoms with Crippen LogP contribution in [0.2, 0.25) is 0 Å². The second kappa shape index (κ2) is 4.23. The predicted octanol–water partition coefficient (Wildman–Crippen LogP) is 2.24. The molecule has 100 valence electrons. The van der Waals surface area contributed by atoms with E-state index in [1.165, 1.54) is 16.8 Å². The van der Waals surface area contributed by atoms with Crippen LogP contribution in [0.3, 0.4) is 0 Å². The van der Waals surface area contributed by atoms with E-state index >= 15 is 0 Å². The van der Waals surface area contributed by atoms with E-state index in [0.29, 0.717) is 0 Å². The van der Waals surface area contributed by atoms with Gasteiger partial charge < -0.3 is 5.32 Å². The fraction of sp³-hybridized carbons (Fsp3) is 0.200. The highest BCUT2D eigenvalue weighted by Crippen LogP contribution is 2.34. The minimum Gasteiger partial charge on any atom is -0.384 e. The highest BCUT2D eigenvalue weighted by Gasteiger charge is 2.17. The van der Waals surface area contributed by atoms with Gasteiger partial charge in [0.25, 0.3) is 0 Å². The predicted molar refractivity (Wildman–Crippen MR) is 78.0 cm³/mol. The molecule has 1 aromatic carbocycles. The van der Waals surface area contributed by atoms with E-state index in [1.54, 1.807) is 4.68 Å². The molecule has 0 aliphatic carbocycles. The van der Waals surface area contributed by atoms with Crippen molar-refractivity contribution in [2.24, 2.45) is 7.05 Å². The SMILES string of the molecule is Cn1cc(-n2cncc2-c2cccc3c2NCC3)cn1. The Morgan fingerprint density at radius 3 is 3.05 bits per heavy atom. The maximum atomic E-state index is 4.31. The monoisotopic (exact) mass is 265 g/mol. The number of para-hydroxylation sites is 1. The lowest BCUT2D eigenvalue weighted by Crippen LogP contribution is -1.97. The van der Waals surface area contributed by atoms with Crippen LogP contribution in [0.1, 0.15) is 5.56 Å². The Morgan fingerprint density at radius 1 is 1.25 bits per heavy atom. The van der Waals surface area contributed by atoms with Crippen LogP contribution in [0, 0.1) is 0 Å². The lowest BCUT2D eigenvalue weighted by atomic mass is 10.1. The minimum atomic E-state index is 1.01. The summed E-state index contributed by atoms with van der Waals surface area (Å²) in [5.74, 6) is 0. The van der Waals surface area contributed by atoms with Crippen molar-refractivity contribution in [1.82, 2.24) is 19.3 Å². The van der Waals surface area contributed by atoms with Gasteiger partial charge in [0.05, 0.1) is 30.1 Å². The summed E-state index contributed by atoms with van der Waals surface area (Å²) >= 11 is 0. The summed E-state index contributed by atoms with van der Waals surface area (Å²) in [5.41, 5.74) is 5.92. The minimum absolute atomic E-state index is 1.01. The van der Waals surface area contributed by atoms with Crippen LogP contribution in [0.15, 0.2) is 43.1 Å². The zero-order valence-corrected chi connectivity index (χ0v) is 11.2. The van der Waals surface area contributed by atoms with Gasteiger partial charge in [0.2, 0.25) is 0 Å². The van der Waals surface area contributed by atoms with Gasteiger partial charge in [-0.05, 0) is 12.0 Å². The van der Waals surface area contributed by atoms with E-state index in [9.17, 15) is 0 Å². The topological polar surface area (TPSA) is 47.7 Å². The third-order valence-electron chi connectivity index (χ3n) is 3.73. The van der Waals surface area contributed by atoms with E-state index < -0.39 is 0 Å². The second-order valence-electron chi connectivity index (χ2n) is 5.04. The normalized spacial score (nSPS) is 13.2. The van der Waals surface area contributed by atoms with Crippen LogP contribution in [0.4, 0.5) is 5.69 Å². The molecule has 0 bridgehead atoms. The first-order valence-electron chi connectivity index (χ1n) is 6.70. The smallest absolute Gasteiger partial charge is 0.0998 e. The number of rotatable bonds is 2. The summed E-state index contributed by atoms with van der Waals surface area (Å²) < 4.78 is 3.87. The molecule has 5 heteroatoms. The summed E-state index contributed by atoms with van der Waals surface area (Å²) in [6, 6.07) is 6.44. The molecular weight excluding hydrogens is 250 g/mol. The number of fused-ring (bicyclic) bond motifs is 1. The zero-order chi connectivity index (χ0) is 13.5. The summed E-state index contributed by atoms with van der Waals surface area (Å²) in [5, 5.41) is 7.71. The average Bonchev–Trinajstić information content (AvgIpc) is 3.17. The van der Waals surface area contributed by atoms with Gasteiger partial charge in [-0.3, -0.25) is 9.25 Å². The van der Waals surface area contributed by atoms with Crippen molar-refractivity contribution in [3.63, 3.8) is 0 Å². The van der Waals surface area contributed by atoms with E-state index in [-0.39, 0.29) is 0 Å². The van der Waals surface area contributed by atoms with Gasteiger partial charge in [-0.1, -0.05) is 18.2 Å². The Morgan fingerprint density at radius 2 is 2.20 bits per heavy atom. The maximum Gasteiger partial charge on any atom is 0.0998 e. The van der Waals surface area contributed by atoms with Gasteiger partial charge in [0.1, 0.15) is 0 Å². The van der Waals surface area contributed by atoms with Crippen LogP contribution < -0.4 is 5.32 Å². The van der Waals surface area contributed by atoms with Crippen molar-refractivity contribution in [2.75, 3.05) is 11.9 Å². The lowest BCUT2D eigenvalue weighted by Gasteiger charge is -2.10. The quantitative estimate of drug-likeness (QED) is 0.773. The lowest BCUT2D eigenvalue weighted by molar-refractivity contribution is 0.767. The van der Waals surface area contributed by atoms with Crippen LogP contribution in [-0.4, -0.2) is 25.9 Å². The number of aryl methyl sites for hydroxylation is 1. The van der Waals surface area contributed by atoms with E-state index in [4.69, 9.17) is 0 Å². The third-order valence-corrected chi connectivity index (χ3v) is 3.73. The molecule has 1 aliphatic rings. The van der Waals surface area contributed by atoms with Crippen LogP contribution in [0.5, 0.6) is 0 Å². The summed E-state index contributed by atoms with van der Waals surface area (Å²) in [6.45, 7) is 1.01. The van der Waals surface area contributed by atoms with Crippen LogP contribution >= 0.6 is 0 Å². The maximum absolute atomic E-state index is 4.31. The van der Waals surface area contributed by atoms with Crippen molar-refractivity contribution in [3.8, 4) is 16.9 Å². The Balaban J connectivity index is 1.89. The van der Waals surface area contributed by atoms with Gasteiger partial charge >= 0.3 is 0 Å². The molecule has 0 atom stereocenters. The highest BCUT2D eigenvalue weighted by molar-refractivity contribution is 5.80. The first-order chi connectivity index (χ1) is 9.83. The molecule has 0 amide bonds. The molecule has 3 aromatic rings. The van der Waals surface area contributed by atoms with Gasteiger partial charge in [-0.15, -0.1) is 0 Å². The summed E-state index contributed by atoms with van der Waals surface area (Å²) in [7, 11) is 1.92. The van der Waals surface area contributed by atoms with Crippen LogP contribution in [-0.2, 0) is 13.5 Å². The van der Waals surface area contributed by atoms with Crippen molar-refractivity contribution in [3.05, 3.63) is 48.7 Å². The number of nitrogens with one attached hydrogen (secondary N) is 1. The zero-order valence-electron chi connectivity index (χ0n) is 11.2. The Bertz CT molecular complexity index is 768. The Hall–Kier alpha value is -2.56. The molecule has 0 fully saturated rings. The largest absolute Gasteiger partial charge is 0.384 e. The number of hydrogen-bond acceptors (Lipinski definition) is 3. The van der Waals surface area contributed by atoms with E-state index in [2.05, 4.69) is 38.2 Å². The standard InChI is InChI=1S/C15H15N5/c1-19-9-12(7-18-19)20-10-16-8-14(20)13-4-2-3-11-5-6-17-15(11)13/h2-4,7-10,17H,5-6H2,1H3. The first-order valence-corrected chi connectivity index (χ1v) is 6.70. The molecule has 0 saturated heterocycles. The average molecular weight is 265 g/mol. The molecule has 1 aliphatic heterocycles. The van der Waals surface area contributed by atoms with Gasteiger partial charge in [0.15, 0.2) is 0 Å². The molecule has 3 heterocycles. The summed E-state index contributed by atoms with van der Waals surface area (Å²) in [6.07, 6.45) is 8.66. The molecular formula is C15H15N5. The van der Waals surface area contributed by atoms with E-state index in [1.807, 2.05) is 32.0 Å². The third kappa shape index (κ3) is 1.63. The molecule has 5 nitrogen and oxygen atoms in total. The fourth-order valence-electron chi connectivity index (χ4n) is 2.79. The van der Waals surface area contributed by atoms with Gasteiger partial charge in [-0.25, -0.2) is 4.98 Å². The van der Waals surface area contributed by atoms with Crippen molar-refractivity contribution >= 4 is 5.69 Å². The first kappa shape index (κ1) is 11.3. The number of hydrogen-bond donors (Lipinski definition) is 1. The highest BCUT2D eigenvalue weighted by atomic mass is 15.3. The van der Waals surface area contributed by atoms with Crippen molar-refractivity contribution < 1.29 is 0 Å².